The molecular weight excluding hydrogens is 721 g/mol. The van der Waals surface area contributed by atoms with E-state index in [0.29, 0.717) is 57.8 Å². The van der Waals surface area contributed by atoms with Crippen LogP contribution >= 0.6 is 0 Å². The van der Waals surface area contributed by atoms with Crippen molar-refractivity contribution >= 4 is 44.1 Å². The number of ether oxygens (including phenoxy) is 4. The van der Waals surface area contributed by atoms with E-state index in [-0.39, 0.29) is 42.9 Å². The molecule has 0 aliphatic heterocycles. The lowest BCUT2D eigenvalue weighted by Crippen LogP contribution is -2.61. The second-order valence-electron chi connectivity index (χ2n) is 18.4. The largest absolute Gasteiger partial charge is 0.464 e. The average molecular weight is 775 g/mol. The highest BCUT2D eigenvalue weighted by Gasteiger charge is 2.65. The minimum absolute atomic E-state index is 0.131. The molecule has 8 aliphatic carbocycles. The van der Waals surface area contributed by atoms with Crippen molar-refractivity contribution < 1.29 is 64.1 Å². The first-order chi connectivity index (χ1) is 23.9. The Morgan fingerprint density at radius 1 is 0.635 bits per heavy atom. The molecule has 52 heavy (non-hydrogen) atoms. The number of hydrogen-bond donors (Lipinski definition) is 2. The van der Waals surface area contributed by atoms with Crippen LogP contribution in [0.1, 0.15) is 118 Å². The van der Waals surface area contributed by atoms with Crippen molar-refractivity contribution in [3.05, 3.63) is 0 Å². The topological polar surface area (TPSA) is 214 Å². The molecule has 8 aliphatic rings. The maximum Gasteiger partial charge on any atom is 0.312 e. The maximum atomic E-state index is 14.2. The molecule has 294 valence electrons. The third kappa shape index (κ3) is 7.91. The van der Waals surface area contributed by atoms with Crippen LogP contribution in [0.5, 0.6) is 0 Å². The van der Waals surface area contributed by atoms with E-state index in [1.54, 1.807) is 20.8 Å². The molecule has 8 rings (SSSR count). The van der Waals surface area contributed by atoms with Gasteiger partial charge in [-0.1, -0.05) is 6.92 Å². The third-order valence-corrected chi connectivity index (χ3v) is 14.7. The normalized spacial score (nSPS) is 37.3. The van der Waals surface area contributed by atoms with E-state index in [1.807, 2.05) is 6.92 Å². The molecule has 0 aromatic heterocycles. The molecule has 0 aromatic carbocycles. The fourth-order valence-corrected chi connectivity index (χ4v) is 12.5. The first kappa shape index (κ1) is 39.4. The molecule has 5 unspecified atom stereocenters. The molecule has 8 fully saturated rings. The van der Waals surface area contributed by atoms with E-state index < -0.39 is 102 Å². The van der Waals surface area contributed by atoms with Gasteiger partial charge in [-0.25, -0.2) is 0 Å². The molecule has 0 saturated heterocycles. The van der Waals surface area contributed by atoms with Gasteiger partial charge in [0.1, 0.15) is 35.9 Å². The Bertz CT molecular complexity index is 1670. The second-order valence-corrected chi connectivity index (χ2v) is 21.6. The van der Waals surface area contributed by atoms with E-state index in [0.717, 1.165) is 12.8 Å². The summed E-state index contributed by atoms with van der Waals surface area (Å²) in [5.41, 5.74) is -5.74. The highest BCUT2D eigenvalue weighted by atomic mass is 32.2. The summed E-state index contributed by atoms with van der Waals surface area (Å²) >= 11 is 0. The minimum Gasteiger partial charge on any atom is -0.464 e. The number of hydrogen-bond acceptors (Lipinski definition) is 12. The van der Waals surface area contributed by atoms with E-state index in [1.165, 1.54) is 0 Å². The summed E-state index contributed by atoms with van der Waals surface area (Å²) in [4.78, 5) is 55.1. The van der Waals surface area contributed by atoms with Crippen molar-refractivity contribution in [2.45, 2.75) is 129 Å². The van der Waals surface area contributed by atoms with Crippen LogP contribution in [0.25, 0.3) is 0 Å². The third-order valence-electron chi connectivity index (χ3n) is 13.3. The zero-order valence-corrected chi connectivity index (χ0v) is 32.3. The second kappa shape index (κ2) is 13.2. The van der Waals surface area contributed by atoms with Gasteiger partial charge in [0.05, 0.1) is 21.7 Å². The molecule has 8 saturated carbocycles. The zero-order valence-electron chi connectivity index (χ0n) is 30.6. The molecule has 16 heteroatoms. The molecule has 0 aromatic rings. The lowest BCUT2D eigenvalue weighted by atomic mass is 9.48. The number of carbonyl (C=O) groups excluding carboxylic acids is 4. The molecule has 0 spiro atoms. The number of esters is 4. The van der Waals surface area contributed by atoms with E-state index in [2.05, 4.69) is 0 Å². The van der Waals surface area contributed by atoms with Crippen LogP contribution in [0.3, 0.4) is 0 Å². The lowest BCUT2D eigenvalue weighted by Gasteiger charge is -2.60. The first-order valence-electron chi connectivity index (χ1n) is 18.6. The Morgan fingerprint density at radius 2 is 1.00 bits per heavy atom. The van der Waals surface area contributed by atoms with Crippen LogP contribution in [0, 0.1) is 45.3 Å². The fourth-order valence-electron chi connectivity index (χ4n) is 11.9. The fraction of sp³-hybridized carbons (Fsp3) is 0.889. The number of rotatable bonds is 15. The monoisotopic (exact) mass is 774 g/mol. The smallest absolute Gasteiger partial charge is 0.312 e. The van der Waals surface area contributed by atoms with Crippen LogP contribution in [-0.2, 0) is 58.4 Å². The minimum atomic E-state index is -4.29. The number of carbonyl (C=O) groups is 4. The van der Waals surface area contributed by atoms with Gasteiger partial charge in [-0.3, -0.25) is 28.3 Å². The van der Waals surface area contributed by atoms with Crippen LogP contribution in [0.2, 0.25) is 0 Å². The van der Waals surface area contributed by atoms with Gasteiger partial charge in [-0.2, -0.15) is 16.8 Å². The van der Waals surface area contributed by atoms with Crippen molar-refractivity contribution in [3.63, 3.8) is 0 Å². The van der Waals surface area contributed by atoms with Gasteiger partial charge in [-0.05, 0) is 121 Å². The van der Waals surface area contributed by atoms with Gasteiger partial charge in [-0.15, -0.1) is 0 Å². The molecule has 14 nitrogen and oxygen atoms in total. The van der Waals surface area contributed by atoms with Gasteiger partial charge >= 0.3 is 23.9 Å². The van der Waals surface area contributed by atoms with Crippen molar-refractivity contribution in [1.29, 1.82) is 0 Å². The summed E-state index contributed by atoms with van der Waals surface area (Å²) in [6.45, 7) is 6.24. The molecule has 0 heterocycles. The van der Waals surface area contributed by atoms with Crippen LogP contribution in [-0.4, -0.2) is 85.7 Å². The summed E-state index contributed by atoms with van der Waals surface area (Å²) in [7, 11) is -8.59. The van der Waals surface area contributed by atoms with Gasteiger partial charge < -0.3 is 18.9 Å². The summed E-state index contributed by atoms with van der Waals surface area (Å²) in [6, 6.07) is 0. The summed E-state index contributed by atoms with van der Waals surface area (Å²) in [5, 5.41) is 0. The molecular formula is C36H54O14S2. The quantitative estimate of drug-likeness (QED) is 0.134. The van der Waals surface area contributed by atoms with E-state index in [9.17, 15) is 36.0 Å². The standard InChI is InChI=1S/C36H54O14S2/c1-5-32(4,28(38)50-36-18-25-11-26(19-36)15-34(14-25,22-36)30(40)48-7-9-52(44,45)46)20-31(2,3)27(37)49-35-16-23-10-24(17-35)13-33(12-23,21-35)29(39)47-6-8-51(41,42)43/h23-26H,5-22H2,1-4H3,(H,41,42,43)(H,44,45,46). The van der Waals surface area contributed by atoms with Crippen molar-refractivity contribution in [1.82, 2.24) is 0 Å². The Kier molecular flexibility index (Phi) is 9.98. The van der Waals surface area contributed by atoms with Gasteiger partial charge in [0.25, 0.3) is 20.2 Å². The van der Waals surface area contributed by atoms with E-state index >= 15 is 0 Å². The van der Waals surface area contributed by atoms with Crippen LogP contribution < -0.4 is 0 Å². The Morgan fingerprint density at radius 3 is 1.35 bits per heavy atom. The molecule has 0 radical (unpaired) electrons. The summed E-state index contributed by atoms with van der Waals surface area (Å²) in [5.74, 6) is -2.77. The Labute approximate surface area is 306 Å². The molecule has 0 amide bonds. The summed E-state index contributed by atoms with van der Waals surface area (Å²) < 4.78 is 86.5. The predicted molar refractivity (Wildman–Crippen MR) is 183 cm³/mol. The van der Waals surface area contributed by atoms with Gasteiger partial charge in [0.2, 0.25) is 0 Å². The van der Waals surface area contributed by atoms with Crippen molar-refractivity contribution in [2.75, 3.05) is 24.7 Å². The van der Waals surface area contributed by atoms with Crippen LogP contribution in [0.15, 0.2) is 0 Å². The van der Waals surface area contributed by atoms with Gasteiger partial charge in [0, 0.05) is 12.8 Å². The molecule has 2 N–H and O–H groups in total. The van der Waals surface area contributed by atoms with Gasteiger partial charge in [0.15, 0.2) is 0 Å². The average Bonchev–Trinajstić information content (AvgIpc) is 2.97. The Balaban J connectivity index is 1.12. The Hall–Kier alpha value is -2.30. The SMILES string of the molecule is CCC(C)(CC(C)(C)C(=O)OC12CC3CC(C1)CC(C(=O)OCCS(=O)(=O)O)(C3)C2)C(=O)OC12CC3CC(C1)CC(C(=O)OCCS(=O)(=O)O)(C3)C2. The van der Waals surface area contributed by atoms with Crippen molar-refractivity contribution in [3.8, 4) is 0 Å². The first-order valence-corrected chi connectivity index (χ1v) is 21.9. The predicted octanol–water partition coefficient (Wildman–Crippen LogP) is 4.45. The highest BCUT2D eigenvalue weighted by molar-refractivity contribution is 7.86. The summed E-state index contributed by atoms with van der Waals surface area (Å²) in [6.07, 6.45) is 7.64. The zero-order chi connectivity index (χ0) is 38.2. The molecule has 8 bridgehead atoms. The van der Waals surface area contributed by atoms with Crippen LogP contribution in [0.4, 0.5) is 0 Å². The maximum absolute atomic E-state index is 14.2. The van der Waals surface area contributed by atoms with Crippen molar-refractivity contribution in [2.24, 2.45) is 45.3 Å². The highest BCUT2D eigenvalue weighted by Crippen LogP contribution is 2.65. The lowest BCUT2D eigenvalue weighted by molar-refractivity contribution is -0.222. The molecule has 5 atom stereocenters. The van der Waals surface area contributed by atoms with E-state index in [4.69, 9.17) is 28.1 Å².